The van der Waals surface area contributed by atoms with Crippen molar-refractivity contribution in [3.05, 3.63) is 18.0 Å². The van der Waals surface area contributed by atoms with Crippen LogP contribution in [0.3, 0.4) is 0 Å². The van der Waals surface area contributed by atoms with E-state index in [4.69, 9.17) is 5.11 Å². The second-order valence-corrected chi connectivity index (χ2v) is 6.11. The number of rotatable bonds is 6. The second-order valence-electron chi connectivity index (χ2n) is 6.11. The summed E-state index contributed by atoms with van der Waals surface area (Å²) in [7, 11) is 1.85. The molecule has 0 aliphatic carbocycles. The van der Waals surface area contributed by atoms with Crippen LogP contribution in [0.15, 0.2) is 12.3 Å². The molecular weight excluding hydrogens is 272 g/mol. The largest absolute Gasteiger partial charge is 0.481 e. The molecule has 7 nitrogen and oxygen atoms in total. The predicted molar refractivity (Wildman–Crippen MR) is 78.9 cm³/mol. The summed E-state index contributed by atoms with van der Waals surface area (Å²) in [6.45, 7) is 6.17. The average molecular weight is 296 g/mol. The molecule has 0 spiro atoms. The lowest BCUT2D eigenvalue weighted by Gasteiger charge is -2.30. The van der Waals surface area contributed by atoms with Crippen molar-refractivity contribution >= 4 is 12.0 Å². The molecule has 0 aliphatic heterocycles. The SMILES string of the molecule is Cn1nccc1CCNC(=O)NC(CC(=O)O)C(C)(C)C. The number of aromatic nitrogens is 2. The van der Waals surface area contributed by atoms with Gasteiger partial charge in [-0.05, 0) is 11.5 Å². The Morgan fingerprint density at radius 3 is 2.57 bits per heavy atom. The van der Waals surface area contributed by atoms with Gasteiger partial charge in [0.15, 0.2) is 0 Å². The molecule has 3 N–H and O–H groups in total. The molecule has 0 saturated heterocycles. The fourth-order valence-electron chi connectivity index (χ4n) is 1.91. The van der Waals surface area contributed by atoms with Crippen LogP contribution in [0, 0.1) is 5.41 Å². The van der Waals surface area contributed by atoms with Gasteiger partial charge >= 0.3 is 12.0 Å². The molecule has 1 atom stereocenters. The highest BCUT2D eigenvalue weighted by molar-refractivity contribution is 5.75. The van der Waals surface area contributed by atoms with Crippen molar-refractivity contribution in [3.8, 4) is 0 Å². The Balaban J connectivity index is 2.43. The number of carbonyl (C=O) groups excluding carboxylic acids is 1. The molecule has 0 aromatic carbocycles. The van der Waals surface area contributed by atoms with Gasteiger partial charge in [0, 0.05) is 37.9 Å². The monoisotopic (exact) mass is 296 g/mol. The van der Waals surface area contributed by atoms with Gasteiger partial charge in [-0.2, -0.15) is 5.10 Å². The maximum Gasteiger partial charge on any atom is 0.315 e. The molecule has 118 valence electrons. The normalized spacial score (nSPS) is 12.8. The number of nitrogens with zero attached hydrogens (tertiary/aromatic N) is 2. The molecule has 1 aromatic rings. The van der Waals surface area contributed by atoms with Gasteiger partial charge in [-0.3, -0.25) is 9.48 Å². The Bertz CT molecular complexity index is 491. The lowest BCUT2D eigenvalue weighted by molar-refractivity contribution is -0.138. The first-order valence-corrected chi connectivity index (χ1v) is 6.93. The smallest absolute Gasteiger partial charge is 0.315 e. The molecule has 0 aliphatic rings. The lowest BCUT2D eigenvalue weighted by atomic mass is 9.85. The Labute approximate surface area is 124 Å². The van der Waals surface area contributed by atoms with Gasteiger partial charge in [0.1, 0.15) is 0 Å². The van der Waals surface area contributed by atoms with Gasteiger partial charge < -0.3 is 15.7 Å². The van der Waals surface area contributed by atoms with E-state index in [2.05, 4.69) is 15.7 Å². The van der Waals surface area contributed by atoms with Gasteiger partial charge in [-0.1, -0.05) is 20.8 Å². The lowest BCUT2D eigenvalue weighted by Crippen LogP contribution is -2.49. The second kappa shape index (κ2) is 7.10. The Morgan fingerprint density at radius 2 is 2.10 bits per heavy atom. The van der Waals surface area contributed by atoms with Crippen molar-refractivity contribution in [2.75, 3.05) is 6.54 Å². The third-order valence-electron chi connectivity index (χ3n) is 3.32. The molecule has 1 unspecified atom stereocenters. The summed E-state index contributed by atoms with van der Waals surface area (Å²) in [4.78, 5) is 22.7. The average Bonchev–Trinajstić information content (AvgIpc) is 2.72. The Hall–Kier alpha value is -2.05. The molecule has 1 rings (SSSR count). The van der Waals surface area contributed by atoms with Gasteiger partial charge in [0.25, 0.3) is 0 Å². The van der Waals surface area contributed by atoms with E-state index in [1.54, 1.807) is 10.9 Å². The summed E-state index contributed by atoms with van der Waals surface area (Å²) in [5.41, 5.74) is 0.700. The van der Waals surface area contributed by atoms with Crippen LogP contribution in [0.2, 0.25) is 0 Å². The van der Waals surface area contributed by atoms with Gasteiger partial charge in [0.2, 0.25) is 0 Å². The summed E-state index contributed by atoms with van der Waals surface area (Å²) >= 11 is 0. The molecule has 0 saturated carbocycles. The first-order chi connectivity index (χ1) is 9.70. The first-order valence-electron chi connectivity index (χ1n) is 6.93. The van der Waals surface area contributed by atoms with Crippen molar-refractivity contribution in [3.63, 3.8) is 0 Å². The van der Waals surface area contributed by atoms with Crippen molar-refractivity contribution in [1.29, 1.82) is 0 Å². The van der Waals surface area contributed by atoms with Crippen LogP contribution in [0.25, 0.3) is 0 Å². The van der Waals surface area contributed by atoms with Crippen molar-refractivity contribution in [1.82, 2.24) is 20.4 Å². The summed E-state index contributed by atoms with van der Waals surface area (Å²) in [5, 5.41) is 18.4. The third kappa shape index (κ3) is 5.85. The van der Waals surface area contributed by atoms with Crippen molar-refractivity contribution in [2.24, 2.45) is 12.5 Å². The molecule has 0 bridgehead atoms. The van der Waals surface area contributed by atoms with Crippen LogP contribution in [-0.2, 0) is 18.3 Å². The minimum absolute atomic E-state index is 0.0986. The summed E-state index contributed by atoms with van der Waals surface area (Å²) in [5.74, 6) is -0.926. The number of urea groups is 1. The molecule has 0 radical (unpaired) electrons. The van der Waals surface area contributed by atoms with E-state index in [-0.39, 0.29) is 17.9 Å². The standard InChI is InChI=1S/C14H24N4O3/c1-14(2,3)11(9-12(19)20)17-13(21)15-7-5-10-6-8-16-18(10)4/h6,8,11H,5,7,9H2,1-4H3,(H,19,20)(H2,15,17,21). The quantitative estimate of drug-likeness (QED) is 0.733. The fourth-order valence-corrected chi connectivity index (χ4v) is 1.91. The number of carbonyl (C=O) groups is 2. The number of hydrogen-bond donors (Lipinski definition) is 3. The van der Waals surface area contributed by atoms with Crippen LogP contribution in [-0.4, -0.2) is 39.5 Å². The van der Waals surface area contributed by atoms with E-state index < -0.39 is 12.0 Å². The highest BCUT2D eigenvalue weighted by atomic mass is 16.4. The minimum Gasteiger partial charge on any atom is -0.481 e. The molecule has 1 heterocycles. The van der Waals surface area contributed by atoms with Gasteiger partial charge in [-0.15, -0.1) is 0 Å². The van der Waals surface area contributed by atoms with Crippen LogP contribution >= 0.6 is 0 Å². The number of amides is 2. The minimum atomic E-state index is -0.926. The van der Waals surface area contributed by atoms with E-state index in [1.807, 2.05) is 33.9 Å². The number of aliphatic carboxylic acids is 1. The van der Waals surface area contributed by atoms with Crippen molar-refractivity contribution < 1.29 is 14.7 Å². The van der Waals surface area contributed by atoms with Gasteiger partial charge in [0.05, 0.1) is 6.42 Å². The van der Waals surface area contributed by atoms with E-state index in [0.717, 1.165) is 5.69 Å². The molecular formula is C14H24N4O3. The zero-order valence-corrected chi connectivity index (χ0v) is 13.0. The topological polar surface area (TPSA) is 96.3 Å². The van der Waals surface area contributed by atoms with E-state index >= 15 is 0 Å². The molecule has 7 heteroatoms. The number of carboxylic acid groups (broad SMARTS) is 1. The maximum atomic E-state index is 11.9. The zero-order valence-electron chi connectivity index (χ0n) is 13.0. The number of nitrogens with one attached hydrogen (secondary N) is 2. The Morgan fingerprint density at radius 1 is 1.43 bits per heavy atom. The Kier molecular flexibility index (Phi) is 5.75. The van der Waals surface area contributed by atoms with Gasteiger partial charge in [-0.25, -0.2) is 4.79 Å². The highest BCUT2D eigenvalue weighted by Gasteiger charge is 2.28. The van der Waals surface area contributed by atoms with E-state index in [0.29, 0.717) is 13.0 Å². The van der Waals surface area contributed by atoms with Crippen molar-refractivity contribution in [2.45, 2.75) is 39.7 Å². The number of hydrogen-bond acceptors (Lipinski definition) is 3. The molecule has 2 amide bonds. The molecule has 0 fully saturated rings. The van der Waals surface area contributed by atoms with Crippen LogP contribution < -0.4 is 10.6 Å². The number of carboxylic acids is 1. The predicted octanol–water partition coefficient (Wildman–Crippen LogP) is 1.15. The maximum absolute atomic E-state index is 11.9. The summed E-state index contributed by atoms with van der Waals surface area (Å²) in [6.07, 6.45) is 2.28. The highest BCUT2D eigenvalue weighted by Crippen LogP contribution is 2.21. The van der Waals surface area contributed by atoms with Crippen LogP contribution in [0.1, 0.15) is 32.9 Å². The molecule has 1 aromatic heterocycles. The third-order valence-corrected chi connectivity index (χ3v) is 3.32. The fraction of sp³-hybridized carbons (Fsp3) is 0.643. The van der Waals surface area contributed by atoms with Crippen LogP contribution in [0.4, 0.5) is 4.79 Å². The molecule has 21 heavy (non-hydrogen) atoms. The first kappa shape index (κ1) is 17.0. The number of aryl methyl sites for hydroxylation is 1. The van der Waals surface area contributed by atoms with Crippen LogP contribution in [0.5, 0.6) is 0 Å². The summed E-state index contributed by atoms with van der Waals surface area (Å²) < 4.78 is 1.75. The van der Waals surface area contributed by atoms with E-state index in [9.17, 15) is 9.59 Å². The zero-order chi connectivity index (χ0) is 16.0. The summed E-state index contributed by atoms with van der Waals surface area (Å²) in [6, 6.07) is 1.12. The van der Waals surface area contributed by atoms with E-state index in [1.165, 1.54) is 0 Å².